The van der Waals surface area contributed by atoms with Crippen LogP contribution < -0.4 is 5.32 Å². The summed E-state index contributed by atoms with van der Waals surface area (Å²) in [4.78, 5) is 0. The van der Waals surface area contributed by atoms with E-state index in [9.17, 15) is 0 Å². The van der Waals surface area contributed by atoms with Crippen LogP contribution >= 0.6 is 11.8 Å². The van der Waals surface area contributed by atoms with E-state index in [2.05, 4.69) is 37.8 Å². The Morgan fingerprint density at radius 1 is 1.13 bits per heavy atom. The van der Waals surface area contributed by atoms with Crippen molar-refractivity contribution >= 4 is 11.8 Å². The minimum Gasteiger partial charge on any atom is -0.309 e. The Bertz CT molecular complexity index is 158. The fourth-order valence-corrected chi connectivity index (χ4v) is 3.81. The first-order chi connectivity index (χ1) is 7.20. The van der Waals surface area contributed by atoms with E-state index in [-0.39, 0.29) is 0 Å². The van der Waals surface area contributed by atoms with Gasteiger partial charge in [0, 0.05) is 11.6 Å². The van der Waals surface area contributed by atoms with Crippen LogP contribution in [-0.2, 0) is 0 Å². The lowest BCUT2D eigenvalue weighted by molar-refractivity contribution is 0.258. The summed E-state index contributed by atoms with van der Waals surface area (Å²) >= 11 is 2.11. The molecule has 1 rings (SSSR count). The molecule has 90 valence electrons. The first kappa shape index (κ1) is 13.4. The molecule has 1 fully saturated rings. The molecule has 1 N–H and O–H groups in total. The molecule has 0 radical (unpaired) electrons. The predicted molar refractivity (Wildman–Crippen MR) is 71.7 cm³/mol. The van der Waals surface area contributed by atoms with Gasteiger partial charge in [0.25, 0.3) is 0 Å². The van der Waals surface area contributed by atoms with Crippen molar-refractivity contribution in [3.05, 3.63) is 0 Å². The van der Waals surface area contributed by atoms with Gasteiger partial charge in [-0.1, -0.05) is 26.7 Å². The average Bonchev–Trinajstić information content (AvgIpc) is 2.19. The first-order valence-electron chi connectivity index (χ1n) is 6.55. The Balaban J connectivity index is 2.40. The molecule has 0 bridgehead atoms. The normalized spacial score (nSPS) is 19.4. The van der Waals surface area contributed by atoms with Gasteiger partial charge in [0.1, 0.15) is 0 Å². The van der Waals surface area contributed by atoms with Crippen LogP contribution in [0.2, 0.25) is 0 Å². The maximum absolute atomic E-state index is 3.92. The first-order valence-corrected chi connectivity index (χ1v) is 7.71. The summed E-state index contributed by atoms with van der Waals surface area (Å²) in [6.45, 7) is 7.01. The second-order valence-corrected chi connectivity index (χ2v) is 6.32. The molecule has 0 aromatic rings. The van der Waals surface area contributed by atoms with Gasteiger partial charge >= 0.3 is 0 Å². The molecule has 0 aliphatic carbocycles. The summed E-state index contributed by atoms with van der Waals surface area (Å²) in [7, 11) is 0. The maximum atomic E-state index is 3.92. The standard InChI is InChI=1S/C13H27NS/c1-4-8-13(3,9-5-2)14-12-6-10-15-11-7-12/h12,14H,4-11H2,1-3H3. The van der Waals surface area contributed by atoms with E-state index >= 15 is 0 Å². The van der Waals surface area contributed by atoms with Gasteiger partial charge in [-0.25, -0.2) is 0 Å². The predicted octanol–water partition coefficient (Wildman–Crippen LogP) is 3.83. The lowest BCUT2D eigenvalue weighted by Crippen LogP contribution is -2.49. The van der Waals surface area contributed by atoms with Crippen LogP contribution in [0.25, 0.3) is 0 Å². The highest BCUT2D eigenvalue weighted by atomic mass is 32.2. The molecule has 0 aromatic heterocycles. The van der Waals surface area contributed by atoms with Gasteiger partial charge in [-0.05, 0) is 44.1 Å². The minimum absolute atomic E-state index is 0.399. The lowest BCUT2D eigenvalue weighted by Gasteiger charge is -2.36. The van der Waals surface area contributed by atoms with Crippen molar-refractivity contribution in [2.24, 2.45) is 0 Å². The third-order valence-corrected chi connectivity index (χ3v) is 4.43. The third-order valence-electron chi connectivity index (χ3n) is 3.38. The summed E-state index contributed by atoms with van der Waals surface area (Å²) in [5, 5.41) is 3.92. The van der Waals surface area contributed by atoms with Crippen LogP contribution in [0.15, 0.2) is 0 Å². The van der Waals surface area contributed by atoms with Gasteiger partial charge in [0.2, 0.25) is 0 Å². The average molecular weight is 229 g/mol. The Morgan fingerprint density at radius 3 is 2.13 bits per heavy atom. The smallest absolute Gasteiger partial charge is 0.0155 e. The molecule has 0 amide bonds. The maximum Gasteiger partial charge on any atom is 0.0155 e. The molecule has 0 saturated carbocycles. The van der Waals surface area contributed by atoms with Crippen LogP contribution in [0, 0.1) is 0 Å². The summed E-state index contributed by atoms with van der Waals surface area (Å²) < 4.78 is 0. The Labute approximate surface area is 99.8 Å². The highest BCUT2D eigenvalue weighted by Crippen LogP contribution is 2.24. The van der Waals surface area contributed by atoms with E-state index in [1.807, 2.05) is 0 Å². The zero-order valence-electron chi connectivity index (χ0n) is 10.6. The van der Waals surface area contributed by atoms with E-state index in [1.54, 1.807) is 0 Å². The largest absolute Gasteiger partial charge is 0.309 e. The number of thioether (sulfide) groups is 1. The van der Waals surface area contributed by atoms with Gasteiger partial charge in [-0.15, -0.1) is 0 Å². The van der Waals surface area contributed by atoms with Crippen LogP contribution in [0.5, 0.6) is 0 Å². The van der Waals surface area contributed by atoms with Gasteiger partial charge < -0.3 is 5.32 Å². The van der Waals surface area contributed by atoms with Crippen molar-refractivity contribution in [2.75, 3.05) is 11.5 Å². The van der Waals surface area contributed by atoms with Crippen molar-refractivity contribution in [1.29, 1.82) is 0 Å². The van der Waals surface area contributed by atoms with Crippen LogP contribution in [-0.4, -0.2) is 23.1 Å². The number of rotatable bonds is 6. The Hall–Kier alpha value is 0.310. The minimum atomic E-state index is 0.399. The zero-order valence-corrected chi connectivity index (χ0v) is 11.5. The topological polar surface area (TPSA) is 12.0 Å². The van der Waals surface area contributed by atoms with E-state index in [0.29, 0.717) is 5.54 Å². The Kier molecular flexibility index (Phi) is 6.06. The lowest BCUT2D eigenvalue weighted by atomic mass is 9.89. The van der Waals surface area contributed by atoms with Gasteiger partial charge in [-0.2, -0.15) is 11.8 Å². The fraction of sp³-hybridized carbons (Fsp3) is 1.00. The molecule has 0 spiro atoms. The van der Waals surface area contributed by atoms with Gasteiger partial charge in [-0.3, -0.25) is 0 Å². The number of hydrogen-bond acceptors (Lipinski definition) is 2. The zero-order chi connectivity index (χ0) is 11.1. The van der Waals surface area contributed by atoms with Crippen molar-refractivity contribution in [3.8, 4) is 0 Å². The van der Waals surface area contributed by atoms with Crippen LogP contribution in [0.3, 0.4) is 0 Å². The fourth-order valence-electron chi connectivity index (χ4n) is 2.71. The molecular formula is C13H27NS. The van der Waals surface area contributed by atoms with E-state index < -0.39 is 0 Å². The van der Waals surface area contributed by atoms with Crippen LogP contribution in [0.4, 0.5) is 0 Å². The molecule has 1 heterocycles. The van der Waals surface area contributed by atoms with Crippen LogP contribution in [0.1, 0.15) is 59.3 Å². The highest BCUT2D eigenvalue weighted by molar-refractivity contribution is 7.99. The summed E-state index contributed by atoms with van der Waals surface area (Å²) in [6, 6.07) is 0.786. The SMILES string of the molecule is CCCC(C)(CCC)NC1CCSCC1. The monoisotopic (exact) mass is 229 g/mol. The van der Waals surface area contributed by atoms with Gasteiger partial charge in [0.15, 0.2) is 0 Å². The van der Waals surface area contributed by atoms with E-state index in [0.717, 1.165) is 6.04 Å². The van der Waals surface area contributed by atoms with Crippen molar-refractivity contribution < 1.29 is 0 Å². The molecule has 1 nitrogen and oxygen atoms in total. The molecule has 2 heteroatoms. The summed E-state index contributed by atoms with van der Waals surface area (Å²) in [5.41, 5.74) is 0.399. The third kappa shape index (κ3) is 4.78. The molecule has 1 aliphatic rings. The molecule has 1 saturated heterocycles. The number of nitrogens with one attached hydrogen (secondary N) is 1. The Morgan fingerprint density at radius 2 is 1.67 bits per heavy atom. The second kappa shape index (κ2) is 6.80. The van der Waals surface area contributed by atoms with Crippen molar-refractivity contribution in [2.45, 2.75) is 70.9 Å². The highest BCUT2D eigenvalue weighted by Gasteiger charge is 2.26. The number of hydrogen-bond donors (Lipinski definition) is 1. The quantitative estimate of drug-likeness (QED) is 0.743. The molecule has 1 aliphatic heterocycles. The molecule has 0 atom stereocenters. The molecule has 0 unspecified atom stereocenters. The molecule has 0 aromatic carbocycles. The van der Waals surface area contributed by atoms with E-state index in [4.69, 9.17) is 0 Å². The summed E-state index contributed by atoms with van der Waals surface area (Å²) in [6.07, 6.45) is 7.98. The molecular weight excluding hydrogens is 202 g/mol. The molecule has 15 heavy (non-hydrogen) atoms. The van der Waals surface area contributed by atoms with Crippen molar-refractivity contribution in [3.63, 3.8) is 0 Å². The summed E-state index contributed by atoms with van der Waals surface area (Å²) in [5.74, 6) is 2.71. The van der Waals surface area contributed by atoms with Gasteiger partial charge in [0.05, 0.1) is 0 Å². The van der Waals surface area contributed by atoms with E-state index in [1.165, 1.54) is 50.0 Å². The second-order valence-electron chi connectivity index (χ2n) is 5.09. The van der Waals surface area contributed by atoms with Crippen molar-refractivity contribution in [1.82, 2.24) is 5.32 Å².